The minimum Gasteiger partial charge on any atom is -0.480 e. The van der Waals surface area contributed by atoms with E-state index in [1.54, 1.807) is 18.4 Å². The van der Waals surface area contributed by atoms with Gasteiger partial charge in [-0.3, -0.25) is 4.79 Å². The molecule has 5 nitrogen and oxygen atoms in total. The van der Waals surface area contributed by atoms with Crippen LogP contribution in [0.25, 0.3) is 0 Å². The summed E-state index contributed by atoms with van der Waals surface area (Å²) in [5, 5.41) is 13.2. The van der Waals surface area contributed by atoms with E-state index >= 15 is 0 Å². The van der Waals surface area contributed by atoms with Crippen LogP contribution in [-0.2, 0) is 11.2 Å². The van der Waals surface area contributed by atoms with E-state index < -0.39 is 12.0 Å². The zero-order valence-corrected chi connectivity index (χ0v) is 11.5. The Hall–Kier alpha value is -1.56. The Kier molecular flexibility index (Phi) is 5.15. The number of hydrogen-bond donors (Lipinski definition) is 2. The lowest BCUT2D eigenvalue weighted by Gasteiger charge is -2.25. The number of thiophene rings is 1. The van der Waals surface area contributed by atoms with Gasteiger partial charge >= 0.3 is 12.0 Å². The molecule has 0 aliphatic rings. The molecule has 2 amide bonds. The van der Waals surface area contributed by atoms with Crippen molar-refractivity contribution in [3.8, 4) is 0 Å². The van der Waals surface area contributed by atoms with Crippen molar-refractivity contribution in [2.75, 3.05) is 7.05 Å². The molecular formula is C12H18N2O3S. The molecule has 6 heteroatoms. The highest BCUT2D eigenvalue weighted by Crippen LogP contribution is 2.13. The molecule has 0 radical (unpaired) electrons. The maximum absolute atomic E-state index is 11.8. The zero-order chi connectivity index (χ0) is 13.7. The van der Waals surface area contributed by atoms with E-state index in [1.165, 1.54) is 16.7 Å². The number of hydrogen-bond acceptors (Lipinski definition) is 3. The molecule has 0 bridgehead atoms. The van der Waals surface area contributed by atoms with Crippen molar-refractivity contribution in [1.29, 1.82) is 0 Å². The molecule has 0 spiro atoms. The van der Waals surface area contributed by atoms with E-state index in [0.29, 0.717) is 0 Å². The van der Waals surface area contributed by atoms with Gasteiger partial charge in [0.2, 0.25) is 0 Å². The summed E-state index contributed by atoms with van der Waals surface area (Å²) in [5.74, 6) is -1.04. The summed E-state index contributed by atoms with van der Waals surface area (Å²) >= 11 is 1.65. The number of urea groups is 1. The minimum absolute atomic E-state index is 0.0182. The van der Waals surface area contributed by atoms with Crippen LogP contribution in [0.5, 0.6) is 0 Å². The SMILES string of the molecule is CC(Cc1cccs1)N(C)C(=O)N[C@H](C)C(=O)O. The second kappa shape index (κ2) is 6.39. The van der Waals surface area contributed by atoms with Crippen molar-refractivity contribution in [1.82, 2.24) is 10.2 Å². The van der Waals surface area contributed by atoms with Gasteiger partial charge in [-0.2, -0.15) is 0 Å². The molecule has 1 heterocycles. The highest BCUT2D eigenvalue weighted by molar-refractivity contribution is 7.09. The number of nitrogens with one attached hydrogen (secondary N) is 1. The molecule has 1 aromatic rings. The molecule has 1 aromatic heterocycles. The third kappa shape index (κ3) is 4.03. The van der Waals surface area contributed by atoms with Crippen molar-refractivity contribution in [3.05, 3.63) is 22.4 Å². The Bertz CT molecular complexity index is 405. The van der Waals surface area contributed by atoms with Gasteiger partial charge in [-0.1, -0.05) is 6.07 Å². The average molecular weight is 270 g/mol. The maximum Gasteiger partial charge on any atom is 0.325 e. The van der Waals surface area contributed by atoms with Crippen LogP contribution in [0.15, 0.2) is 17.5 Å². The highest BCUT2D eigenvalue weighted by Gasteiger charge is 2.20. The summed E-state index contributed by atoms with van der Waals surface area (Å²) in [6.07, 6.45) is 0.767. The Balaban J connectivity index is 2.50. The second-order valence-corrected chi connectivity index (χ2v) is 5.29. The fourth-order valence-electron chi connectivity index (χ4n) is 1.41. The Labute approximate surface area is 110 Å². The van der Waals surface area contributed by atoms with Gasteiger partial charge in [-0.05, 0) is 25.3 Å². The number of carboxylic acid groups (broad SMARTS) is 1. The molecule has 0 aliphatic carbocycles. The molecule has 18 heavy (non-hydrogen) atoms. The van der Waals surface area contributed by atoms with E-state index in [9.17, 15) is 9.59 Å². The molecule has 0 aromatic carbocycles. The second-order valence-electron chi connectivity index (χ2n) is 4.25. The van der Waals surface area contributed by atoms with Gasteiger partial charge in [-0.25, -0.2) is 4.79 Å². The van der Waals surface area contributed by atoms with Crippen LogP contribution in [0.1, 0.15) is 18.7 Å². The maximum atomic E-state index is 11.8. The highest BCUT2D eigenvalue weighted by atomic mass is 32.1. The number of likely N-dealkylation sites (N-methyl/N-ethyl adjacent to an activating group) is 1. The van der Waals surface area contributed by atoms with Crippen molar-refractivity contribution in [3.63, 3.8) is 0 Å². The third-order valence-corrected chi connectivity index (χ3v) is 3.67. The van der Waals surface area contributed by atoms with Crippen LogP contribution in [0, 0.1) is 0 Å². The quantitative estimate of drug-likeness (QED) is 0.857. The molecule has 1 rings (SSSR count). The fraction of sp³-hybridized carbons (Fsp3) is 0.500. The van der Waals surface area contributed by atoms with Crippen molar-refractivity contribution in [2.45, 2.75) is 32.4 Å². The van der Waals surface area contributed by atoms with Gasteiger partial charge in [0.05, 0.1) is 0 Å². The Morgan fingerprint density at radius 2 is 2.17 bits per heavy atom. The summed E-state index contributed by atoms with van der Waals surface area (Å²) in [6, 6.07) is 2.76. The first-order valence-electron chi connectivity index (χ1n) is 5.70. The van der Waals surface area contributed by atoms with Crippen LogP contribution in [0.2, 0.25) is 0 Å². The number of rotatable bonds is 5. The van der Waals surface area contributed by atoms with Crippen LogP contribution in [0.3, 0.4) is 0 Å². The number of amides is 2. The lowest BCUT2D eigenvalue weighted by atomic mass is 10.2. The molecule has 0 saturated carbocycles. The lowest BCUT2D eigenvalue weighted by Crippen LogP contribution is -2.48. The normalized spacial score (nSPS) is 13.7. The van der Waals surface area contributed by atoms with Crippen LogP contribution < -0.4 is 5.32 Å². The van der Waals surface area contributed by atoms with E-state index in [0.717, 1.165) is 6.42 Å². The first-order chi connectivity index (χ1) is 8.41. The van der Waals surface area contributed by atoms with Crippen LogP contribution in [-0.4, -0.2) is 41.1 Å². The first kappa shape index (κ1) is 14.5. The third-order valence-electron chi connectivity index (χ3n) is 2.77. The molecule has 0 fully saturated rings. The Morgan fingerprint density at radius 1 is 1.50 bits per heavy atom. The summed E-state index contributed by atoms with van der Waals surface area (Å²) in [4.78, 5) is 25.2. The van der Waals surface area contributed by atoms with Crippen molar-refractivity contribution < 1.29 is 14.7 Å². The predicted octanol–water partition coefficient (Wildman–Crippen LogP) is 1.79. The van der Waals surface area contributed by atoms with Gasteiger partial charge < -0.3 is 15.3 Å². The Morgan fingerprint density at radius 3 is 2.67 bits per heavy atom. The molecule has 2 atom stereocenters. The van der Waals surface area contributed by atoms with Gasteiger partial charge in [0.1, 0.15) is 6.04 Å². The summed E-state index contributed by atoms with van der Waals surface area (Å²) in [6.45, 7) is 3.38. The summed E-state index contributed by atoms with van der Waals surface area (Å²) in [7, 11) is 1.67. The lowest BCUT2D eigenvalue weighted by molar-refractivity contribution is -0.138. The van der Waals surface area contributed by atoms with Crippen LogP contribution in [0.4, 0.5) is 4.79 Å². The topological polar surface area (TPSA) is 69.6 Å². The number of carbonyl (C=O) groups is 2. The molecular weight excluding hydrogens is 252 g/mol. The zero-order valence-electron chi connectivity index (χ0n) is 10.7. The fourth-order valence-corrected chi connectivity index (χ4v) is 2.23. The number of nitrogens with zero attached hydrogens (tertiary/aromatic N) is 1. The molecule has 2 N–H and O–H groups in total. The molecule has 1 unspecified atom stereocenters. The van der Waals surface area contributed by atoms with Crippen molar-refractivity contribution in [2.24, 2.45) is 0 Å². The van der Waals surface area contributed by atoms with E-state index in [1.807, 2.05) is 24.4 Å². The monoisotopic (exact) mass is 270 g/mol. The van der Waals surface area contributed by atoms with Gasteiger partial charge in [0.15, 0.2) is 0 Å². The minimum atomic E-state index is -1.04. The summed E-state index contributed by atoms with van der Waals surface area (Å²) in [5.41, 5.74) is 0. The smallest absolute Gasteiger partial charge is 0.325 e. The standard InChI is InChI=1S/C12H18N2O3S/c1-8(7-10-5-4-6-18-10)14(3)12(17)13-9(2)11(15)16/h4-6,8-9H,7H2,1-3H3,(H,13,17)(H,15,16)/t8?,9-/m1/s1. The largest absolute Gasteiger partial charge is 0.480 e. The predicted molar refractivity (Wildman–Crippen MR) is 70.9 cm³/mol. The summed E-state index contributed by atoms with van der Waals surface area (Å²) < 4.78 is 0. The van der Waals surface area contributed by atoms with Gasteiger partial charge in [0.25, 0.3) is 0 Å². The molecule has 0 saturated heterocycles. The van der Waals surface area contributed by atoms with E-state index in [2.05, 4.69) is 5.32 Å². The number of carboxylic acids is 1. The molecule has 0 aliphatic heterocycles. The van der Waals surface area contributed by atoms with Crippen molar-refractivity contribution >= 4 is 23.3 Å². The van der Waals surface area contributed by atoms with E-state index in [-0.39, 0.29) is 12.1 Å². The van der Waals surface area contributed by atoms with E-state index in [4.69, 9.17) is 5.11 Å². The average Bonchev–Trinajstić information content (AvgIpc) is 2.80. The van der Waals surface area contributed by atoms with Crippen LogP contribution >= 0.6 is 11.3 Å². The van der Waals surface area contributed by atoms with Gasteiger partial charge in [0, 0.05) is 24.4 Å². The first-order valence-corrected chi connectivity index (χ1v) is 6.58. The van der Waals surface area contributed by atoms with Gasteiger partial charge in [-0.15, -0.1) is 11.3 Å². The molecule has 100 valence electrons. The number of carbonyl (C=O) groups excluding carboxylic acids is 1. The number of aliphatic carboxylic acids is 1.